The standard InChI is InChI=1S/C25H37NO2S/c1-9-19(8)20-10-12-22(13-11-20)26-29(27,28)25-23(17(4)5)14-21(16(2)3)15-24(25)18(6)7/h10-19,26H,9H2,1-8H3. The molecule has 4 heteroatoms. The number of sulfonamides is 1. The fourth-order valence-electron chi connectivity index (χ4n) is 3.52. The minimum atomic E-state index is -3.70. The maximum absolute atomic E-state index is 13.5. The van der Waals surface area contributed by atoms with Gasteiger partial charge in [-0.25, -0.2) is 8.42 Å². The number of benzene rings is 2. The van der Waals surface area contributed by atoms with Crippen molar-refractivity contribution in [2.24, 2.45) is 0 Å². The highest BCUT2D eigenvalue weighted by Crippen LogP contribution is 2.36. The molecule has 2 aromatic rings. The van der Waals surface area contributed by atoms with Gasteiger partial charge < -0.3 is 0 Å². The summed E-state index contributed by atoms with van der Waals surface area (Å²) in [5.74, 6) is 1.04. The van der Waals surface area contributed by atoms with Gasteiger partial charge in [-0.15, -0.1) is 0 Å². The van der Waals surface area contributed by atoms with Crippen LogP contribution in [-0.2, 0) is 10.0 Å². The lowest BCUT2D eigenvalue weighted by atomic mass is 9.89. The van der Waals surface area contributed by atoms with Crippen LogP contribution in [0.4, 0.5) is 5.69 Å². The van der Waals surface area contributed by atoms with E-state index in [1.165, 1.54) is 11.1 Å². The summed E-state index contributed by atoms with van der Waals surface area (Å²) < 4.78 is 29.8. The zero-order valence-corrected chi connectivity index (χ0v) is 20.0. The zero-order valence-electron chi connectivity index (χ0n) is 19.2. The Balaban J connectivity index is 2.55. The number of rotatable bonds is 8. The fourth-order valence-corrected chi connectivity index (χ4v) is 5.28. The van der Waals surface area contributed by atoms with Crippen molar-refractivity contribution in [1.82, 2.24) is 0 Å². The fraction of sp³-hybridized carbons (Fsp3) is 0.520. The summed E-state index contributed by atoms with van der Waals surface area (Å²) in [7, 11) is -3.70. The van der Waals surface area contributed by atoms with Crippen molar-refractivity contribution in [3.8, 4) is 0 Å². The van der Waals surface area contributed by atoms with Gasteiger partial charge in [0, 0.05) is 5.69 Å². The lowest BCUT2D eigenvalue weighted by molar-refractivity contribution is 0.595. The molecule has 0 saturated heterocycles. The monoisotopic (exact) mass is 415 g/mol. The first kappa shape index (κ1) is 23.5. The van der Waals surface area contributed by atoms with Gasteiger partial charge in [0.05, 0.1) is 4.90 Å². The Labute approximate surface area is 178 Å². The van der Waals surface area contributed by atoms with Crippen LogP contribution in [0.2, 0.25) is 0 Å². The van der Waals surface area contributed by atoms with Crippen molar-refractivity contribution in [3.63, 3.8) is 0 Å². The van der Waals surface area contributed by atoms with Gasteiger partial charge in [0.2, 0.25) is 0 Å². The molecule has 29 heavy (non-hydrogen) atoms. The van der Waals surface area contributed by atoms with Gasteiger partial charge in [0.15, 0.2) is 0 Å². The molecule has 3 nitrogen and oxygen atoms in total. The minimum absolute atomic E-state index is 0.116. The van der Waals surface area contributed by atoms with Crippen LogP contribution in [-0.4, -0.2) is 8.42 Å². The van der Waals surface area contributed by atoms with Crippen LogP contribution in [0.15, 0.2) is 41.3 Å². The molecule has 0 aliphatic rings. The number of anilines is 1. The molecule has 0 aliphatic heterocycles. The molecule has 0 saturated carbocycles. The van der Waals surface area contributed by atoms with Crippen molar-refractivity contribution in [3.05, 3.63) is 58.7 Å². The highest BCUT2D eigenvalue weighted by molar-refractivity contribution is 7.92. The Morgan fingerprint density at radius 3 is 1.62 bits per heavy atom. The Morgan fingerprint density at radius 1 is 0.759 bits per heavy atom. The van der Waals surface area contributed by atoms with Crippen LogP contribution in [0.1, 0.15) is 108 Å². The van der Waals surface area contributed by atoms with Crippen LogP contribution in [0.5, 0.6) is 0 Å². The smallest absolute Gasteiger partial charge is 0.262 e. The van der Waals surface area contributed by atoms with E-state index >= 15 is 0 Å². The molecule has 0 bridgehead atoms. The Kier molecular flexibility index (Phi) is 7.56. The lowest BCUT2D eigenvalue weighted by Gasteiger charge is -2.23. The van der Waals surface area contributed by atoms with Crippen LogP contribution in [0.25, 0.3) is 0 Å². The van der Waals surface area contributed by atoms with E-state index in [0.29, 0.717) is 22.4 Å². The second-order valence-corrected chi connectivity index (χ2v) is 10.6. The van der Waals surface area contributed by atoms with E-state index in [0.717, 1.165) is 17.5 Å². The van der Waals surface area contributed by atoms with Crippen molar-refractivity contribution >= 4 is 15.7 Å². The third-order valence-electron chi connectivity index (χ3n) is 5.69. The maximum Gasteiger partial charge on any atom is 0.262 e. The van der Waals surface area contributed by atoms with Gasteiger partial charge in [-0.3, -0.25) is 4.72 Å². The van der Waals surface area contributed by atoms with Gasteiger partial charge >= 0.3 is 0 Å². The largest absolute Gasteiger partial charge is 0.280 e. The zero-order chi connectivity index (χ0) is 21.9. The molecule has 0 radical (unpaired) electrons. The van der Waals surface area contributed by atoms with Gasteiger partial charge in [-0.2, -0.15) is 0 Å². The van der Waals surface area contributed by atoms with Gasteiger partial charge in [-0.1, -0.05) is 79.7 Å². The molecule has 1 N–H and O–H groups in total. The highest BCUT2D eigenvalue weighted by atomic mass is 32.2. The molecular formula is C25H37NO2S. The highest BCUT2D eigenvalue weighted by Gasteiger charge is 2.27. The molecule has 1 unspecified atom stereocenters. The topological polar surface area (TPSA) is 46.2 Å². The molecule has 2 aromatic carbocycles. The number of nitrogens with one attached hydrogen (secondary N) is 1. The predicted molar refractivity (Wildman–Crippen MR) is 125 cm³/mol. The second-order valence-electron chi connectivity index (χ2n) is 9.03. The van der Waals surface area contributed by atoms with E-state index < -0.39 is 10.0 Å². The molecule has 0 amide bonds. The predicted octanol–water partition coefficient (Wildman–Crippen LogP) is 7.37. The van der Waals surface area contributed by atoms with E-state index in [2.05, 4.69) is 72.2 Å². The van der Waals surface area contributed by atoms with Crippen molar-refractivity contribution in [1.29, 1.82) is 0 Å². The van der Waals surface area contributed by atoms with Crippen molar-refractivity contribution in [2.45, 2.75) is 90.4 Å². The third kappa shape index (κ3) is 5.42. The third-order valence-corrected chi connectivity index (χ3v) is 7.21. The first-order valence-electron chi connectivity index (χ1n) is 10.8. The molecule has 2 rings (SSSR count). The van der Waals surface area contributed by atoms with Crippen molar-refractivity contribution < 1.29 is 8.42 Å². The molecule has 0 aromatic heterocycles. The van der Waals surface area contributed by atoms with E-state index in [-0.39, 0.29) is 11.8 Å². The normalized spacial score (nSPS) is 13.3. The summed E-state index contributed by atoms with van der Waals surface area (Å²) in [6.07, 6.45) is 1.06. The molecular weight excluding hydrogens is 378 g/mol. The molecule has 1 atom stereocenters. The summed E-state index contributed by atoms with van der Waals surface area (Å²) in [6, 6.07) is 11.9. The minimum Gasteiger partial charge on any atom is -0.280 e. The maximum atomic E-state index is 13.5. The van der Waals surface area contributed by atoms with Gasteiger partial charge in [0.25, 0.3) is 10.0 Å². The van der Waals surface area contributed by atoms with E-state index in [9.17, 15) is 8.42 Å². The van der Waals surface area contributed by atoms with Gasteiger partial charge in [-0.05, 0) is 64.5 Å². The van der Waals surface area contributed by atoms with E-state index in [1.54, 1.807) is 0 Å². The van der Waals surface area contributed by atoms with Gasteiger partial charge in [0.1, 0.15) is 0 Å². The molecule has 0 fully saturated rings. The second kappa shape index (κ2) is 9.34. The van der Waals surface area contributed by atoms with E-state index in [4.69, 9.17) is 0 Å². The average molecular weight is 416 g/mol. The Bertz CT molecular complexity index is 897. The van der Waals surface area contributed by atoms with E-state index in [1.807, 2.05) is 24.3 Å². The molecule has 0 heterocycles. The van der Waals surface area contributed by atoms with Crippen molar-refractivity contribution in [2.75, 3.05) is 4.72 Å². The summed E-state index contributed by atoms with van der Waals surface area (Å²) >= 11 is 0. The number of hydrogen-bond donors (Lipinski definition) is 1. The summed E-state index contributed by atoms with van der Waals surface area (Å²) in [5, 5.41) is 0. The first-order chi connectivity index (χ1) is 13.5. The average Bonchev–Trinajstić information content (AvgIpc) is 2.66. The summed E-state index contributed by atoms with van der Waals surface area (Å²) in [6.45, 7) is 16.9. The van der Waals surface area contributed by atoms with Crippen LogP contribution in [0, 0.1) is 0 Å². The SMILES string of the molecule is CCC(C)c1ccc(NS(=O)(=O)c2c(C(C)C)cc(C(C)C)cc2C(C)C)cc1. The van der Waals surface area contributed by atoms with Crippen LogP contribution >= 0.6 is 0 Å². The van der Waals surface area contributed by atoms with Crippen LogP contribution in [0.3, 0.4) is 0 Å². The number of hydrogen-bond acceptors (Lipinski definition) is 2. The van der Waals surface area contributed by atoms with Crippen LogP contribution < -0.4 is 4.72 Å². The summed E-state index contributed by atoms with van der Waals surface area (Å²) in [5.41, 5.74) is 4.80. The Morgan fingerprint density at radius 2 is 1.24 bits per heavy atom. The quantitative estimate of drug-likeness (QED) is 0.489. The Hall–Kier alpha value is -1.81. The molecule has 160 valence electrons. The first-order valence-corrected chi connectivity index (χ1v) is 12.3. The molecule has 0 spiro atoms. The molecule has 0 aliphatic carbocycles. The summed E-state index contributed by atoms with van der Waals surface area (Å²) in [4.78, 5) is 0.443. The lowest BCUT2D eigenvalue weighted by Crippen LogP contribution is -2.19.